The van der Waals surface area contributed by atoms with E-state index in [9.17, 15) is 9.59 Å². The Kier molecular flexibility index (Phi) is 3.80. The molecule has 0 bridgehead atoms. The van der Waals surface area contributed by atoms with Crippen LogP contribution in [-0.4, -0.2) is 11.8 Å². The molecule has 20 heavy (non-hydrogen) atoms. The lowest BCUT2D eigenvalue weighted by atomic mass is 9.78. The maximum absolute atomic E-state index is 12.8. The molecule has 108 valence electrons. The first kappa shape index (κ1) is 15.2. The zero-order chi connectivity index (χ0) is 15.2. The van der Waals surface area contributed by atoms with Crippen LogP contribution in [0.15, 0.2) is 16.6 Å². The molecule has 0 spiro atoms. The Balaban J connectivity index is 2.55. The molecule has 1 aromatic carbocycles. The van der Waals surface area contributed by atoms with Gasteiger partial charge in [-0.05, 0) is 49.9 Å². The third-order valence-electron chi connectivity index (χ3n) is 4.41. The summed E-state index contributed by atoms with van der Waals surface area (Å²) in [4.78, 5) is 26.5. The number of rotatable bonds is 2. The summed E-state index contributed by atoms with van der Waals surface area (Å²) < 4.78 is 0.960. The van der Waals surface area contributed by atoms with E-state index in [0.717, 1.165) is 21.3 Å². The van der Waals surface area contributed by atoms with Gasteiger partial charge in [0.15, 0.2) is 0 Å². The van der Waals surface area contributed by atoms with Crippen molar-refractivity contribution in [3.05, 3.63) is 27.7 Å². The first-order chi connectivity index (χ1) is 9.18. The second-order valence-corrected chi connectivity index (χ2v) is 7.09. The molecule has 0 N–H and O–H groups in total. The van der Waals surface area contributed by atoms with Gasteiger partial charge in [0.2, 0.25) is 11.8 Å². The van der Waals surface area contributed by atoms with Crippen LogP contribution < -0.4 is 4.90 Å². The lowest BCUT2D eigenvalue weighted by Crippen LogP contribution is -2.37. The Bertz CT molecular complexity index is 571. The van der Waals surface area contributed by atoms with Crippen molar-refractivity contribution in [3.8, 4) is 0 Å². The van der Waals surface area contributed by atoms with E-state index in [2.05, 4.69) is 15.9 Å². The van der Waals surface area contributed by atoms with Crippen LogP contribution in [0.3, 0.4) is 0 Å². The molecular formula is C16H20BrNO2. The highest BCUT2D eigenvalue weighted by Crippen LogP contribution is 2.43. The van der Waals surface area contributed by atoms with Crippen molar-refractivity contribution in [2.75, 3.05) is 4.90 Å². The quantitative estimate of drug-likeness (QED) is 0.765. The van der Waals surface area contributed by atoms with Gasteiger partial charge in [0.05, 0.1) is 11.1 Å². The zero-order valence-corrected chi connectivity index (χ0v) is 14.2. The predicted molar refractivity (Wildman–Crippen MR) is 83.7 cm³/mol. The van der Waals surface area contributed by atoms with Gasteiger partial charge in [0, 0.05) is 10.9 Å². The van der Waals surface area contributed by atoms with Crippen molar-refractivity contribution in [2.24, 2.45) is 11.3 Å². The molecule has 0 aromatic heterocycles. The molecule has 0 saturated carbocycles. The fraction of sp³-hybridized carbons (Fsp3) is 0.500. The lowest BCUT2D eigenvalue weighted by molar-refractivity contribution is -0.126. The number of anilines is 1. The maximum atomic E-state index is 12.8. The van der Waals surface area contributed by atoms with Crippen molar-refractivity contribution >= 4 is 33.4 Å². The van der Waals surface area contributed by atoms with Crippen LogP contribution in [0.2, 0.25) is 0 Å². The standard InChI is InChI=1S/C16H20BrNO2/c1-9(2)16(5)8-13(19)18(15(16)20)14-10(3)6-12(17)7-11(14)4/h6-7,9H,8H2,1-5H3. The number of imide groups is 1. The fourth-order valence-corrected chi connectivity index (χ4v) is 3.46. The van der Waals surface area contributed by atoms with Gasteiger partial charge in [-0.15, -0.1) is 0 Å². The number of hydrogen-bond donors (Lipinski definition) is 0. The Labute approximate surface area is 128 Å². The van der Waals surface area contributed by atoms with E-state index in [-0.39, 0.29) is 17.7 Å². The van der Waals surface area contributed by atoms with E-state index in [0.29, 0.717) is 6.42 Å². The molecule has 0 aliphatic carbocycles. The number of benzene rings is 1. The highest BCUT2D eigenvalue weighted by molar-refractivity contribution is 9.10. The molecule has 1 aromatic rings. The van der Waals surface area contributed by atoms with Gasteiger partial charge in [-0.2, -0.15) is 0 Å². The Hall–Kier alpha value is -1.16. The second kappa shape index (κ2) is 4.99. The van der Waals surface area contributed by atoms with Crippen LogP contribution in [0.1, 0.15) is 38.3 Å². The molecule has 0 radical (unpaired) electrons. The highest BCUT2D eigenvalue weighted by Gasteiger charge is 2.51. The average molecular weight is 338 g/mol. The molecule has 1 fully saturated rings. The van der Waals surface area contributed by atoms with E-state index in [1.807, 2.05) is 46.8 Å². The molecule has 1 unspecified atom stereocenters. The summed E-state index contributed by atoms with van der Waals surface area (Å²) in [5.74, 6) is -0.0363. The molecule has 1 heterocycles. The third kappa shape index (κ3) is 2.20. The summed E-state index contributed by atoms with van der Waals surface area (Å²) >= 11 is 3.44. The van der Waals surface area contributed by atoms with Gasteiger partial charge in [-0.1, -0.05) is 29.8 Å². The van der Waals surface area contributed by atoms with Crippen molar-refractivity contribution in [1.29, 1.82) is 0 Å². The number of amides is 2. The number of halogens is 1. The number of aryl methyl sites for hydroxylation is 2. The van der Waals surface area contributed by atoms with Crippen molar-refractivity contribution < 1.29 is 9.59 Å². The van der Waals surface area contributed by atoms with Crippen LogP contribution in [0.5, 0.6) is 0 Å². The topological polar surface area (TPSA) is 37.4 Å². The summed E-state index contributed by atoms with van der Waals surface area (Å²) in [5.41, 5.74) is 2.02. The number of carbonyl (C=O) groups excluding carboxylic acids is 2. The van der Waals surface area contributed by atoms with Gasteiger partial charge < -0.3 is 0 Å². The molecule has 1 aliphatic rings. The SMILES string of the molecule is Cc1cc(Br)cc(C)c1N1C(=O)CC(C)(C(C)C)C1=O. The molecular weight excluding hydrogens is 318 g/mol. The minimum Gasteiger partial charge on any atom is -0.274 e. The van der Waals surface area contributed by atoms with Crippen molar-refractivity contribution in [3.63, 3.8) is 0 Å². The number of nitrogens with zero attached hydrogens (tertiary/aromatic N) is 1. The van der Waals surface area contributed by atoms with E-state index < -0.39 is 5.41 Å². The van der Waals surface area contributed by atoms with Crippen LogP contribution in [0, 0.1) is 25.2 Å². The van der Waals surface area contributed by atoms with Crippen molar-refractivity contribution in [1.82, 2.24) is 0 Å². The third-order valence-corrected chi connectivity index (χ3v) is 4.87. The van der Waals surface area contributed by atoms with E-state index in [4.69, 9.17) is 0 Å². The average Bonchev–Trinajstić information content (AvgIpc) is 2.52. The predicted octanol–water partition coefficient (Wildman–Crippen LogP) is 3.99. The fourth-order valence-electron chi connectivity index (χ4n) is 2.77. The monoisotopic (exact) mass is 337 g/mol. The molecule has 3 nitrogen and oxygen atoms in total. The molecule has 1 saturated heterocycles. The summed E-state index contributed by atoms with van der Waals surface area (Å²) in [6, 6.07) is 3.88. The molecule has 4 heteroatoms. The Morgan fingerprint density at radius 3 is 2.10 bits per heavy atom. The number of carbonyl (C=O) groups is 2. The summed E-state index contributed by atoms with van der Waals surface area (Å²) in [7, 11) is 0. The van der Waals surface area contributed by atoms with Crippen LogP contribution in [-0.2, 0) is 9.59 Å². The molecule has 2 rings (SSSR count). The minimum atomic E-state index is -0.594. The second-order valence-electron chi connectivity index (χ2n) is 6.17. The molecule has 1 atom stereocenters. The first-order valence-corrected chi connectivity index (χ1v) is 7.62. The summed E-state index contributed by atoms with van der Waals surface area (Å²) in [6.07, 6.45) is 0.290. The largest absolute Gasteiger partial charge is 0.274 e. The van der Waals surface area contributed by atoms with E-state index in [1.54, 1.807) is 0 Å². The van der Waals surface area contributed by atoms with Gasteiger partial charge >= 0.3 is 0 Å². The maximum Gasteiger partial charge on any atom is 0.240 e. The van der Waals surface area contributed by atoms with Crippen LogP contribution in [0.4, 0.5) is 5.69 Å². The smallest absolute Gasteiger partial charge is 0.240 e. The summed E-state index contributed by atoms with van der Waals surface area (Å²) in [6.45, 7) is 9.74. The summed E-state index contributed by atoms with van der Waals surface area (Å²) in [5, 5.41) is 0. The minimum absolute atomic E-state index is 0.0778. The Morgan fingerprint density at radius 2 is 1.70 bits per heavy atom. The number of hydrogen-bond acceptors (Lipinski definition) is 2. The van der Waals surface area contributed by atoms with Gasteiger partial charge in [-0.25, -0.2) is 4.90 Å². The Morgan fingerprint density at radius 1 is 1.20 bits per heavy atom. The lowest BCUT2D eigenvalue weighted by Gasteiger charge is -2.27. The van der Waals surface area contributed by atoms with E-state index >= 15 is 0 Å². The zero-order valence-electron chi connectivity index (χ0n) is 12.6. The molecule has 2 amide bonds. The molecule has 1 aliphatic heterocycles. The van der Waals surface area contributed by atoms with Crippen LogP contribution in [0.25, 0.3) is 0 Å². The van der Waals surface area contributed by atoms with E-state index in [1.165, 1.54) is 4.90 Å². The van der Waals surface area contributed by atoms with Crippen LogP contribution >= 0.6 is 15.9 Å². The van der Waals surface area contributed by atoms with Gasteiger partial charge in [0.1, 0.15) is 0 Å². The normalized spacial score (nSPS) is 23.1. The highest BCUT2D eigenvalue weighted by atomic mass is 79.9. The van der Waals surface area contributed by atoms with Crippen molar-refractivity contribution in [2.45, 2.75) is 41.0 Å². The first-order valence-electron chi connectivity index (χ1n) is 6.82. The van der Waals surface area contributed by atoms with Gasteiger partial charge in [-0.3, -0.25) is 9.59 Å². The van der Waals surface area contributed by atoms with Gasteiger partial charge in [0.25, 0.3) is 0 Å².